The van der Waals surface area contributed by atoms with Crippen LogP contribution in [0.2, 0.25) is 5.54 Å². The van der Waals surface area contributed by atoms with Crippen LogP contribution in [0.4, 0.5) is 0 Å². The van der Waals surface area contributed by atoms with Gasteiger partial charge in [0.25, 0.3) is 0 Å². The topological polar surface area (TPSA) is 54.0 Å². The lowest BCUT2D eigenvalue weighted by Crippen LogP contribution is -2.49. The second-order valence-corrected chi connectivity index (χ2v) is 9.94. The summed E-state index contributed by atoms with van der Waals surface area (Å²) in [4.78, 5) is 10.4. The quantitative estimate of drug-likeness (QED) is 0.566. The molecular weight excluding hydrogens is 336 g/mol. The molecule has 140 valence electrons. The van der Waals surface area contributed by atoms with Gasteiger partial charge in [-0.2, -0.15) is 0 Å². The summed E-state index contributed by atoms with van der Waals surface area (Å²) in [7, 11) is 2.84. The van der Waals surface area contributed by atoms with E-state index >= 15 is 0 Å². The summed E-state index contributed by atoms with van der Waals surface area (Å²) >= 11 is 0. The molecule has 1 aromatic carbocycles. The Labute approximate surface area is 152 Å². The number of hydrogen-bond acceptors (Lipinski definition) is 5. The highest BCUT2D eigenvalue weighted by molar-refractivity contribution is 6.62. The molecule has 2 saturated carbocycles. The SMILES string of the molecule is CC(=O)OCc1ccccc1.CO[Si](OC)(OC)C1CC2CCC1C2. The number of carbonyl (C=O) groups excluding carboxylic acids is 1. The molecule has 3 unspecified atom stereocenters. The lowest BCUT2D eigenvalue weighted by molar-refractivity contribution is -0.142. The summed E-state index contributed by atoms with van der Waals surface area (Å²) in [5.41, 5.74) is 1.57. The monoisotopic (exact) mass is 366 g/mol. The number of carbonyl (C=O) groups is 1. The Bertz CT molecular complexity index is 524. The van der Waals surface area contributed by atoms with Crippen LogP contribution in [0.3, 0.4) is 0 Å². The van der Waals surface area contributed by atoms with Gasteiger partial charge in [0.2, 0.25) is 0 Å². The Kier molecular flexibility index (Phi) is 7.62. The molecule has 0 radical (unpaired) electrons. The van der Waals surface area contributed by atoms with Crippen LogP contribution >= 0.6 is 0 Å². The summed E-state index contributed by atoms with van der Waals surface area (Å²) in [6, 6.07) is 9.60. The Morgan fingerprint density at radius 2 is 1.68 bits per heavy atom. The van der Waals surface area contributed by atoms with Crippen LogP contribution in [0, 0.1) is 11.8 Å². The molecule has 0 N–H and O–H groups in total. The van der Waals surface area contributed by atoms with Crippen molar-refractivity contribution < 1.29 is 22.8 Å². The highest BCUT2D eigenvalue weighted by Gasteiger charge is 2.56. The highest BCUT2D eigenvalue weighted by Crippen LogP contribution is 2.55. The van der Waals surface area contributed by atoms with Crippen molar-refractivity contribution in [2.24, 2.45) is 11.8 Å². The predicted molar refractivity (Wildman–Crippen MR) is 97.9 cm³/mol. The zero-order valence-corrected chi connectivity index (χ0v) is 16.7. The van der Waals surface area contributed by atoms with Crippen molar-refractivity contribution in [3.8, 4) is 0 Å². The Morgan fingerprint density at radius 3 is 2.12 bits per heavy atom. The van der Waals surface area contributed by atoms with Crippen molar-refractivity contribution in [1.29, 1.82) is 0 Å². The molecule has 0 aliphatic heterocycles. The van der Waals surface area contributed by atoms with Crippen molar-refractivity contribution in [1.82, 2.24) is 0 Å². The minimum atomic E-state index is -2.34. The molecule has 3 atom stereocenters. The zero-order valence-electron chi connectivity index (χ0n) is 15.7. The standard InChI is InChI=1S/C10H20O3Si.C9H10O2/c1-11-14(12-2,13-3)10-7-8-4-5-9(10)6-8;1-8(10)11-7-9-5-3-2-4-6-9/h8-10H,4-7H2,1-3H3;2-6H,7H2,1H3. The minimum Gasteiger partial charge on any atom is -0.461 e. The van der Waals surface area contributed by atoms with E-state index in [1.807, 2.05) is 30.3 Å². The summed E-state index contributed by atoms with van der Waals surface area (Å²) in [5, 5.41) is 0. The zero-order chi connectivity index (χ0) is 18.3. The maximum absolute atomic E-state index is 10.4. The molecular formula is C19H30O5Si. The molecule has 1 aromatic rings. The molecule has 5 nitrogen and oxygen atoms in total. The van der Waals surface area contributed by atoms with Crippen LogP contribution in [0.1, 0.15) is 38.2 Å². The van der Waals surface area contributed by atoms with Gasteiger partial charge in [0, 0.05) is 33.8 Å². The van der Waals surface area contributed by atoms with Gasteiger partial charge in [-0.1, -0.05) is 36.8 Å². The Morgan fingerprint density at radius 1 is 1.04 bits per heavy atom. The first-order valence-electron chi connectivity index (χ1n) is 8.87. The lowest BCUT2D eigenvalue weighted by Gasteiger charge is -2.34. The number of rotatable bonds is 6. The fourth-order valence-electron chi connectivity index (χ4n) is 4.14. The van der Waals surface area contributed by atoms with Crippen molar-refractivity contribution in [2.75, 3.05) is 21.3 Å². The van der Waals surface area contributed by atoms with Gasteiger partial charge >= 0.3 is 14.8 Å². The summed E-state index contributed by atoms with van der Waals surface area (Å²) in [6.45, 7) is 1.78. The average molecular weight is 367 g/mol. The van der Waals surface area contributed by atoms with Gasteiger partial charge in [0.15, 0.2) is 0 Å². The maximum Gasteiger partial charge on any atom is 0.503 e. The number of fused-ring (bicyclic) bond motifs is 2. The average Bonchev–Trinajstić information content (AvgIpc) is 3.27. The normalized spacial score (nSPS) is 24.6. The first-order valence-corrected chi connectivity index (χ1v) is 10.7. The van der Waals surface area contributed by atoms with E-state index in [4.69, 9.17) is 18.0 Å². The molecule has 0 aromatic heterocycles. The van der Waals surface area contributed by atoms with E-state index in [1.54, 1.807) is 21.3 Å². The van der Waals surface area contributed by atoms with E-state index < -0.39 is 8.80 Å². The number of ether oxygens (including phenoxy) is 1. The van der Waals surface area contributed by atoms with Crippen molar-refractivity contribution >= 4 is 14.8 Å². The van der Waals surface area contributed by atoms with Crippen LogP contribution in [-0.2, 0) is 29.4 Å². The first-order chi connectivity index (χ1) is 12.0. The maximum atomic E-state index is 10.4. The third-order valence-electron chi connectivity index (χ3n) is 5.33. The first kappa shape index (κ1) is 20.1. The molecule has 2 aliphatic rings. The molecule has 2 aliphatic carbocycles. The third-order valence-corrected chi connectivity index (χ3v) is 8.65. The lowest BCUT2D eigenvalue weighted by atomic mass is 10.0. The molecule has 0 spiro atoms. The molecule has 2 fully saturated rings. The van der Waals surface area contributed by atoms with Crippen LogP contribution in [-0.4, -0.2) is 36.1 Å². The van der Waals surface area contributed by atoms with E-state index in [2.05, 4.69) is 0 Å². The molecule has 0 heterocycles. The van der Waals surface area contributed by atoms with Gasteiger partial charge in [-0.15, -0.1) is 0 Å². The van der Waals surface area contributed by atoms with Crippen molar-refractivity contribution in [2.45, 2.75) is 44.8 Å². The third kappa shape index (κ3) is 5.14. The molecule has 0 amide bonds. The molecule has 0 saturated heterocycles. The van der Waals surface area contributed by atoms with Crippen LogP contribution in [0.5, 0.6) is 0 Å². The summed E-state index contributed by atoms with van der Waals surface area (Å²) in [6.07, 6.45) is 5.38. The summed E-state index contributed by atoms with van der Waals surface area (Å²) < 4.78 is 21.5. The van der Waals surface area contributed by atoms with Gasteiger partial charge in [0.05, 0.1) is 0 Å². The van der Waals surface area contributed by atoms with Gasteiger partial charge in [0.1, 0.15) is 6.61 Å². The predicted octanol–water partition coefficient (Wildman–Crippen LogP) is 3.80. The molecule has 3 rings (SSSR count). The van der Waals surface area contributed by atoms with Crippen LogP contribution in [0.25, 0.3) is 0 Å². The number of hydrogen-bond donors (Lipinski definition) is 0. The molecule has 25 heavy (non-hydrogen) atoms. The fourth-order valence-corrected chi connectivity index (χ4v) is 7.05. The van der Waals surface area contributed by atoms with E-state index in [1.165, 1.54) is 32.6 Å². The van der Waals surface area contributed by atoms with Crippen molar-refractivity contribution in [3.05, 3.63) is 35.9 Å². The minimum absolute atomic E-state index is 0.242. The largest absolute Gasteiger partial charge is 0.503 e. The van der Waals surface area contributed by atoms with Gasteiger partial charge < -0.3 is 18.0 Å². The highest BCUT2D eigenvalue weighted by atomic mass is 28.4. The fraction of sp³-hybridized carbons (Fsp3) is 0.632. The summed E-state index contributed by atoms with van der Waals surface area (Å²) in [5.74, 6) is 1.47. The number of esters is 1. The van der Waals surface area contributed by atoms with Gasteiger partial charge in [-0.3, -0.25) is 4.79 Å². The Balaban J connectivity index is 0.000000186. The van der Waals surface area contributed by atoms with E-state index in [0.29, 0.717) is 12.1 Å². The van der Waals surface area contributed by atoms with Crippen LogP contribution in [0.15, 0.2) is 30.3 Å². The Hall–Kier alpha value is -1.21. The number of benzene rings is 1. The van der Waals surface area contributed by atoms with Crippen molar-refractivity contribution in [3.63, 3.8) is 0 Å². The smallest absolute Gasteiger partial charge is 0.461 e. The second-order valence-electron chi connectivity index (χ2n) is 6.76. The molecule has 2 bridgehead atoms. The van der Waals surface area contributed by atoms with Crippen LogP contribution < -0.4 is 0 Å². The molecule has 6 heteroatoms. The van der Waals surface area contributed by atoms with E-state index in [0.717, 1.165) is 17.4 Å². The second kappa shape index (κ2) is 9.47. The van der Waals surface area contributed by atoms with Gasteiger partial charge in [-0.05, 0) is 36.7 Å². The van der Waals surface area contributed by atoms with E-state index in [9.17, 15) is 4.79 Å². The van der Waals surface area contributed by atoms with E-state index in [-0.39, 0.29) is 5.97 Å². The van der Waals surface area contributed by atoms with Gasteiger partial charge in [-0.25, -0.2) is 0 Å².